The summed E-state index contributed by atoms with van der Waals surface area (Å²) in [4.78, 5) is 11.5. The number of halogens is 2. The number of nitriles is 1. The van der Waals surface area contributed by atoms with Gasteiger partial charge in [0.1, 0.15) is 24.5 Å². The maximum atomic E-state index is 11.5. The SMILES string of the molecule is COc1ccc(CNC(=O)CC#N)c(OCc2ccc(Cl)c(Cl)c2)c1. The second-order valence-electron chi connectivity index (χ2n) is 5.12. The lowest BCUT2D eigenvalue weighted by Gasteiger charge is -2.14. The molecule has 0 radical (unpaired) electrons. The number of ether oxygens (including phenoxy) is 2. The molecule has 2 aromatic carbocycles. The molecular weight excluding hydrogens is 363 g/mol. The van der Waals surface area contributed by atoms with E-state index in [4.69, 9.17) is 37.9 Å². The van der Waals surface area contributed by atoms with Crippen LogP contribution in [0.3, 0.4) is 0 Å². The van der Waals surface area contributed by atoms with Crippen LogP contribution in [0.25, 0.3) is 0 Å². The molecule has 7 heteroatoms. The van der Waals surface area contributed by atoms with Gasteiger partial charge in [-0.15, -0.1) is 0 Å². The number of carbonyl (C=O) groups is 1. The lowest BCUT2D eigenvalue weighted by Crippen LogP contribution is -2.22. The highest BCUT2D eigenvalue weighted by Gasteiger charge is 2.09. The van der Waals surface area contributed by atoms with E-state index in [0.29, 0.717) is 21.5 Å². The lowest BCUT2D eigenvalue weighted by molar-refractivity contribution is -0.120. The van der Waals surface area contributed by atoms with Gasteiger partial charge in [-0.3, -0.25) is 4.79 Å². The molecule has 0 spiro atoms. The molecule has 1 amide bonds. The van der Waals surface area contributed by atoms with Crippen molar-refractivity contribution in [2.45, 2.75) is 19.6 Å². The van der Waals surface area contributed by atoms with Gasteiger partial charge < -0.3 is 14.8 Å². The number of hydrogen-bond donors (Lipinski definition) is 1. The van der Waals surface area contributed by atoms with E-state index < -0.39 is 0 Å². The van der Waals surface area contributed by atoms with Crippen LogP contribution in [0, 0.1) is 11.3 Å². The summed E-state index contributed by atoms with van der Waals surface area (Å²) < 4.78 is 11.1. The molecule has 0 heterocycles. The van der Waals surface area contributed by atoms with Crippen molar-refractivity contribution in [3.63, 3.8) is 0 Å². The second-order valence-corrected chi connectivity index (χ2v) is 5.94. The number of rotatable bonds is 7. The van der Waals surface area contributed by atoms with Crippen molar-refractivity contribution in [1.29, 1.82) is 5.26 Å². The third-order valence-corrected chi connectivity index (χ3v) is 4.11. The molecule has 1 N–H and O–H groups in total. The summed E-state index contributed by atoms with van der Waals surface area (Å²) in [6, 6.07) is 12.4. The van der Waals surface area contributed by atoms with E-state index in [0.717, 1.165) is 11.1 Å². The topological polar surface area (TPSA) is 71.3 Å². The van der Waals surface area contributed by atoms with Crippen LogP contribution in [0.5, 0.6) is 11.5 Å². The average Bonchev–Trinajstić information content (AvgIpc) is 2.61. The van der Waals surface area contributed by atoms with Gasteiger partial charge in [-0.1, -0.05) is 29.3 Å². The zero-order valence-corrected chi connectivity index (χ0v) is 15.0. The van der Waals surface area contributed by atoms with Crippen LogP contribution in [0.1, 0.15) is 17.5 Å². The molecule has 2 aromatic rings. The van der Waals surface area contributed by atoms with Gasteiger partial charge in [-0.05, 0) is 29.8 Å². The molecule has 130 valence electrons. The quantitative estimate of drug-likeness (QED) is 0.786. The molecule has 5 nitrogen and oxygen atoms in total. The molecule has 0 atom stereocenters. The van der Waals surface area contributed by atoms with Crippen molar-refractivity contribution in [3.05, 3.63) is 57.6 Å². The van der Waals surface area contributed by atoms with Gasteiger partial charge in [0, 0.05) is 18.2 Å². The molecule has 0 fully saturated rings. The fraction of sp³-hybridized carbons (Fsp3) is 0.222. The van der Waals surface area contributed by atoms with Crippen LogP contribution in [0.15, 0.2) is 36.4 Å². The van der Waals surface area contributed by atoms with Gasteiger partial charge in [0.15, 0.2) is 0 Å². The summed E-state index contributed by atoms with van der Waals surface area (Å²) in [6.45, 7) is 0.532. The van der Waals surface area contributed by atoms with Crippen LogP contribution in [-0.4, -0.2) is 13.0 Å². The Kier molecular flexibility index (Phi) is 6.93. The number of nitrogens with zero attached hydrogens (tertiary/aromatic N) is 1. The molecule has 25 heavy (non-hydrogen) atoms. The van der Waals surface area contributed by atoms with Gasteiger partial charge in [-0.25, -0.2) is 0 Å². The Morgan fingerprint density at radius 1 is 1.20 bits per heavy atom. The fourth-order valence-electron chi connectivity index (χ4n) is 2.06. The van der Waals surface area contributed by atoms with Crippen LogP contribution >= 0.6 is 23.2 Å². The first-order valence-corrected chi connectivity index (χ1v) is 8.16. The standard InChI is InChI=1S/C18H16Cl2N2O3/c1-24-14-4-3-13(10-22-18(23)6-7-21)17(9-14)25-11-12-2-5-15(19)16(20)8-12/h2-5,8-9H,6,10-11H2,1H3,(H,22,23). The number of benzene rings is 2. The maximum absolute atomic E-state index is 11.5. The monoisotopic (exact) mass is 378 g/mol. The van der Waals surface area contributed by atoms with Crippen LogP contribution in [-0.2, 0) is 17.9 Å². The molecule has 0 aliphatic rings. The van der Waals surface area contributed by atoms with Crippen LogP contribution in [0.2, 0.25) is 10.0 Å². The summed E-state index contributed by atoms with van der Waals surface area (Å²) in [7, 11) is 1.56. The van der Waals surface area contributed by atoms with E-state index in [9.17, 15) is 4.79 Å². The molecule has 0 saturated carbocycles. The predicted molar refractivity (Wildman–Crippen MR) is 95.9 cm³/mol. The Balaban J connectivity index is 2.12. The molecule has 0 aliphatic carbocycles. The molecule has 2 rings (SSSR count). The lowest BCUT2D eigenvalue weighted by atomic mass is 10.1. The van der Waals surface area contributed by atoms with Crippen molar-refractivity contribution in [3.8, 4) is 17.6 Å². The number of amides is 1. The third-order valence-electron chi connectivity index (χ3n) is 3.37. The zero-order valence-electron chi connectivity index (χ0n) is 13.5. The van der Waals surface area contributed by atoms with E-state index in [-0.39, 0.29) is 25.5 Å². The highest BCUT2D eigenvalue weighted by molar-refractivity contribution is 6.42. The third kappa shape index (κ3) is 5.56. The van der Waals surface area contributed by atoms with Crippen molar-refractivity contribution in [2.24, 2.45) is 0 Å². The molecular formula is C18H16Cl2N2O3. The van der Waals surface area contributed by atoms with E-state index in [1.54, 1.807) is 43.5 Å². The van der Waals surface area contributed by atoms with Gasteiger partial charge in [-0.2, -0.15) is 5.26 Å². The average molecular weight is 379 g/mol. The summed E-state index contributed by atoms with van der Waals surface area (Å²) in [5, 5.41) is 12.1. The van der Waals surface area contributed by atoms with E-state index in [2.05, 4.69) is 5.32 Å². The largest absolute Gasteiger partial charge is 0.497 e. The van der Waals surface area contributed by atoms with Crippen molar-refractivity contribution in [2.75, 3.05) is 7.11 Å². The van der Waals surface area contributed by atoms with E-state index in [1.165, 1.54) is 0 Å². The molecule has 0 bridgehead atoms. The second kappa shape index (κ2) is 9.16. The Bertz CT molecular complexity index is 803. The first-order valence-electron chi connectivity index (χ1n) is 7.40. The van der Waals surface area contributed by atoms with Crippen LogP contribution < -0.4 is 14.8 Å². The number of nitrogens with one attached hydrogen (secondary N) is 1. The Hall–Kier alpha value is -2.42. The molecule has 0 aromatic heterocycles. The summed E-state index contributed by atoms with van der Waals surface area (Å²) in [5.41, 5.74) is 1.63. The molecule has 0 aliphatic heterocycles. The number of methoxy groups -OCH3 is 1. The minimum Gasteiger partial charge on any atom is -0.497 e. The van der Waals surface area contributed by atoms with E-state index in [1.807, 2.05) is 6.07 Å². The Labute approximate surface area is 156 Å². The van der Waals surface area contributed by atoms with E-state index >= 15 is 0 Å². The normalized spacial score (nSPS) is 10.0. The summed E-state index contributed by atoms with van der Waals surface area (Å²) in [5.74, 6) is 0.868. The molecule has 0 unspecified atom stereocenters. The Morgan fingerprint density at radius 3 is 2.68 bits per heavy atom. The van der Waals surface area contributed by atoms with Crippen molar-refractivity contribution >= 4 is 29.1 Å². The fourth-order valence-corrected chi connectivity index (χ4v) is 2.38. The molecule has 0 saturated heterocycles. The Morgan fingerprint density at radius 2 is 2.00 bits per heavy atom. The number of hydrogen-bond acceptors (Lipinski definition) is 4. The predicted octanol–water partition coefficient (Wildman–Crippen LogP) is 4.11. The zero-order chi connectivity index (χ0) is 18.2. The van der Waals surface area contributed by atoms with Gasteiger partial charge in [0.25, 0.3) is 0 Å². The maximum Gasteiger partial charge on any atom is 0.234 e. The highest BCUT2D eigenvalue weighted by atomic mass is 35.5. The number of carbonyl (C=O) groups excluding carboxylic acids is 1. The van der Waals surface area contributed by atoms with Gasteiger partial charge in [0.2, 0.25) is 5.91 Å². The van der Waals surface area contributed by atoms with Crippen molar-refractivity contribution < 1.29 is 14.3 Å². The highest BCUT2D eigenvalue weighted by Crippen LogP contribution is 2.27. The smallest absolute Gasteiger partial charge is 0.234 e. The van der Waals surface area contributed by atoms with Crippen molar-refractivity contribution in [1.82, 2.24) is 5.32 Å². The summed E-state index contributed by atoms with van der Waals surface area (Å²) in [6.07, 6.45) is -0.185. The minimum absolute atomic E-state index is 0.185. The van der Waals surface area contributed by atoms with Gasteiger partial charge >= 0.3 is 0 Å². The van der Waals surface area contributed by atoms with Gasteiger partial charge in [0.05, 0.1) is 23.2 Å². The first kappa shape index (κ1) is 18.9. The first-order chi connectivity index (χ1) is 12.0. The van der Waals surface area contributed by atoms with Crippen LogP contribution in [0.4, 0.5) is 0 Å². The summed E-state index contributed by atoms with van der Waals surface area (Å²) >= 11 is 11.9. The minimum atomic E-state index is -0.339.